The minimum Gasteiger partial charge on any atom is -0.484 e. The van der Waals surface area contributed by atoms with Crippen molar-refractivity contribution in [3.63, 3.8) is 0 Å². The van der Waals surface area contributed by atoms with Crippen molar-refractivity contribution in [3.05, 3.63) is 77.3 Å². The van der Waals surface area contributed by atoms with Crippen molar-refractivity contribution in [2.45, 2.75) is 16.7 Å². The number of ether oxygens (including phenoxy) is 1. The van der Waals surface area contributed by atoms with Gasteiger partial charge in [-0.1, -0.05) is 35.5 Å². The fourth-order valence-corrected chi connectivity index (χ4v) is 4.44. The molecule has 30 heavy (non-hydrogen) atoms. The van der Waals surface area contributed by atoms with Crippen molar-refractivity contribution in [1.29, 1.82) is 0 Å². The van der Waals surface area contributed by atoms with E-state index in [9.17, 15) is 9.59 Å². The maximum Gasteiger partial charge on any atom is 0.262 e. The third-order valence-corrected chi connectivity index (χ3v) is 5.99. The quantitative estimate of drug-likeness (QED) is 0.572. The van der Waals surface area contributed by atoms with Gasteiger partial charge in [-0.25, -0.2) is 0 Å². The molecule has 2 amide bonds. The predicted molar refractivity (Wildman–Crippen MR) is 120 cm³/mol. The molecule has 0 atom stereocenters. The molecule has 0 saturated carbocycles. The first kappa shape index (κ1) is 20.3. The van der Waals surface area contributed by atoms with Crippen LogP contribution in [-0.2, 0) is 4.79 Å². The second kappa shape index (κ2) is 8.81. The van der Waals surface area contributed by atoms with E-state index in [1.54, 1.807) is 35.2 Å². The Balaban J connectivity index is 1.52. The molecule has 0 aliphatic carbocycles. The van der Waals surface area contributed by atoms with Gasteiger partial charge in [-0.2, -0.15) is 0 Å². The summed E-state index contributed by atoms with van der Waals surface area (Å²) in [6.07, 6.45) is 0. The zero-order valence-corrected chi connectivity index (χ0v) is 17.8. The highest BCUT2D eigenvalue weighted by molar-refractivity contribution is 7.99. The Hall–Kier alpha value is -2.96. The Morgan fingerprint density at radius 1 is 1.07 bits per heavy atom. The number of amides is 2. The van der Waals surface area contributed by atoms with E-state index in [1.807, 2.05) is 43.3 Å². The van der Waals surface area contributed by atoms with E-state index < -0.39 is 0 Å². The van der Waals surface area contributed by atoms with Crippen molar-refractivity contribution in [1.82, 2.24) is 0 Å². The van der Waals surface area contributed by atoms with Crippen molar-refractivity contribution in [3.8, 4) is 5.75 Å². The van der Waals surface area contributed by atoms with Crippen molar-refractivity contribution in [2.75, 3.05) is 23.4 Å². The summed E-state index contributed by atoms with van der Waals surface area (Å²) in [7, 11) is 0. The van der Waals surface area contributed by atoms with Crippen molar-refractivity contribution in [2.24, 2.45) is 0 Å². The van der Waals surface area contributed by atoms with E-state index in [0.717, 1.165) is 15.5 Å². The number of carbonyl (C=O) groups excluding carboxylic acids is 2. The van der Waals surface area contributed by atoms with Crippen molar-refractivity contribution < 1.29 is 14.3 Å². The zero-order valence-electron chi connectivity index (χ0n) is 16.2. The standard InChI is InChI=1S/C23H19ClN2O3S/c1-2-26-19-12-9-16(25-22(27)14-29-17-10-7-15(24)8-11-17)13-21(19)30-20-6-4-3-5-18(20)23(26)28/h3-13H,2,14H2,1H3,(H,25,27). The summed E-state index contributed by atoms with van der Waals surface area (Å²) in [5.74, 6) is 0.278. The number of carbonyl (C=O) groups is 2. The van der Waals surface area contributed by atoms with Gasteiger partial charge in [-0.15, -0.1) is 0 Å². The number of nitrogens with one attached hydrogen (secondary N) is 1. The van der Waals surface area contributed by atoms with Crippen LogP contribution in [0.25, 0.3) is 0 Å². The van der Waals surface area contributed by atoms with Gasteiger partial charge < -0.3 is 15.0 Å². The van der Waals surface area contributed by atoms with Gasteiger partial charge >= 0.3 is 0 Å². The Morgan fingerprint density at radius 2 is 1.83 bits per heavy atom. The fraction of sp³-hybridized carbons (Fsp3) is 0.130. The van der Waals surface area contributed by atoms with Crippen LogP contribution in [-0.4, -0.2) is 25.0 Å². The van der Waals surface area contributed by atoms with Crippen LogP contribution in [0.4, 0.5) is 11.4 Å². The molecule has 4 rings (SSSR count). The summed E-state index contributed by atoms with van der Waals surface area (Å²) in [6.45, 7) is 2.39. The molecule has 3 aromatic rings. The second-order valence-electron chi connectivity index (χ2n) is 6.62. The molecular formula is C23H19ClN2O3S. The number of anilines is 2. The Kier molecular flexibility index (Phi) is 5.97. The molecule has 7 heteroatoms. The lowest BCUT2D eigenvalue weighted by molar-refractivity contribution is -0.118. The van der Waals surface area contributed by atoms with E-state index in [2.05, 4.69) is 5.32 Å². The van der Waals surface area contributed by atoms with Gasteiger partial charge in [0.15, 0.2) is 6.61 Å². The highest BCUT2D eigenvalue weighted by atomic mass is 35.5. The molecule has 1 aliphatic rings. The van der Waals surface area contributed by atoms with Gasteiger partial charge in [0.1, 0.15) is 5.75 Å². The van der Waals surface area contributed by atoms with Gasteiger partial charge in [0.05, 0.1) is 11.3 Å². The molecule has 0 spiro atoms. The molecule has 1 N–H and O–H groups in total. The predicted octanol–water partition coefficient (Wildman–Crippen LogP) is 5.49. The minimum atomic E-state index is -0.271. The van der Waals surface area contributed by atoms with Crippen LogP contribution in [0.5, 0.6) is 5.75 Å². The monoisotopic (exact) mass is 438 g/mol. The summed E-state index contributed by atoms with van der Waals surface area (Å²) in [5.41, 5.74) is 2.16. The van der Waals surface area contributed by atoms with Gasteiger partial charge in [-0.3, -0.25) is 9.59 Å². The third kappa shape index (κ3) is 4.30. The summed E-state index contributed by atoms with van der Waals surface area (Å²) in [5, 5.41) is 3.46. The first-order valence-corrected chi connectivity index (χ1v) is 10.7. The number of fused-ring (bicyclic) bond motifs is 2. The molecule has 5 nitrogen and oxygen atoms in total. The van der Waals surface area contributed by atoms with Crippen molar-refractivity contribution >= 4 is 46.6 Å². The van der Waals surface area contributed by atoms with Gasteiger partial charge in [-0.05, 0) is 61.5 Å². The topological polar surface area (TPSA) is 58.6 Å². The summed E-state index contributed by atoms with van der Waals surface area (Å²) < 4.78 is 5.49. The highest BCUT2D eigenvalue weighted by Gasteiger charge is 2.26. The average Bonchev–Trinajstić information content (AvgIpc) is 2.87. The largest absolute Gasteiger partial charge is 0.484 e. The first-order chi connectivity index (χ1) is 14.5. The minimum absolute atomic E-state index is 0.0208. The van der Waals surface area contributed by atoms with Crippen LogP contribution in [0, 0.1) is 0 Å². The van der Waals surface area contributed by atoms with Crippen LogP contribution in [0.2, 0.25) is 5.02 Å². The SMILES string of the molecule is CCN1C(=O)c2ccccc2Sc2cc(NC(=O)COc3ccc(Cl)cc3)ccc21. The number of rotatable bonds is 5. The number of halogens is 1. The Labute approximate surface area is 184 Å². The molecule has 0 unspecified atom stereocenters. The summed E-state index contributed by atoms with van der Waals surface area (Å²) >= 11 is 7.37. The summed E-state index contributed by atoms with van der Waals surface area (Å²) in [4.78, 5) is 28.8. The fourth-order valence-electron chi connectivity index (χ4n) is 3.19. The average molecular weight is 439 g/mol. The van der Waals surface area contributed by atoms with E-state index in [4.69, 9.17) is 16.3 Å². The van der Waals surface area contributed by atoms with Gasteiger partial charge in [0.2, 0.25) is 0 Å². The number of hydrogen-bond acceptors (Lipinski definition) is 4. The Bertz CT molecular complexity index is 1100. The molecule has 0 aromatic heterocycles. The third-order valence-electron chi connectivity index (χ3n) is 4.62. The number of nitrogens with zero attached hydrogens (tertiary/aromatic N) is 1. The van der Waals surface area contributed by atoms with Crippen LogP contribution in [0.15, 0.2) is 76.5 Å². The zero-order chi connectivity index (χ0) is 21.1. The number of hydrogen-bond donors (Lipinski definition) is 1. The molecule has 0 bridgehead atoms. The molecule has 1 heterocycles. The van der Waals surface area contributed by atoms with E-state index in [-0.39, 0.29) is 18.4 Å². The van der Waals surface area contributed by atoms with E-state index >= 15 is 0 Å². The maximum atomic E-state index is 13.0. The van der Waals surface area contributed by atoms with Gasteiger partial charge in [0.25, 0.3) is 11.8 Å². The Morgan fingerprint density at radius 3 is 2.60 bits per heavy atom. The van der Waals surface area contributed by atoms with Crippen LogP contribution >= 0.6 is 23.4 Å². The molecule has 0 radical (unpaired) electrons. The molecule has 0 saturated heterocycles. The van der Waals surface area contributed by atoms with Crippen LogP contribution < -0.4 is 15.0 Å². The lowest BCUT2D eigenvalue weighted by atomic mass is 10.1. The second-order valence-corrected chi connectivity index (χ2v) is 8.14. The lowest BCUT2D eigenvalue weighted by Crippen LogP contribution is -2.30. The lowest BCUT2D eigenvalue weighted by Gasteiger charge is -2.21. The number of benzene rings is 3. The maximum absolute atomic E-state index is 13.0. The normalized spacial score (nSPS) is 12.6. The molecular weight excluding hydrogens is 420 g/mol. The molecule has 1 aliphatic heterocycles. The van der Waals surface area contributed by atoms with Crippen LogP contribution in [0.1, 0.15) is 17.3 Å². The van der Waals surface area contributed by atoms with Crippen LogP contribution in [0.3, 0.4) is 0 Å². The smallest absolute Gasteiger partial charge is 0.262 e. The molecule has 152 valence electrons. The molecule has 0 fully saturated rings. The van der Waals surface area contributed by atoms with E-state index in [0.29, 0.717) is 28.6 Å². The first-order valence-electron chi connectivity index (χ1n) is 9.46. The van der Waals surface area contributed by atoms with Gasteiger partial charge in [0, 0.05) is 27.0 Å². The van der Waals surface area contributed by atoms with E-state index in [1.165, 1.54) is 11.8 Å². The highest BCUT2D eigenvalue weighted by Crippen LogP contribution is 2.42. The summed E-state index contributed by atoms with van der Waals surface area (Å²) in [6, 6.07) is 19.9. The molecule has 3 aromatic carbocycles.